The van der Waals surface area contributed by atoms with Crippen molar-refractivity contribution in [2.24, 2.45) is 20.0 Å². The molecule has 2 atom stereocenters. The minimum absolute atomic E-state index is 0.0896. The molecule has 1 aliphatic rings. The van der Waals surface area contributed by atoms with Gasteiger partial charge in [0.05, 0.1) is 70.8 Å². The van der Waals surface area contributed by atoms with Gasteiger partial charge in [0.15, 0.2) is 0 Å². The molecule has 8 nitrogen and oxygen atoms in total. The Balaban J connectivity index is 1.55. The number of pyridine rings is 2. The van der Waals surface area contributed by atoms with Crippen molar-refractivity contribution in [3.8, 4) is 0 Å². The van der Waals surface area contributed by atoms with Gasteiger partial charge in [-0.2, -0.15) is 0 Å². The van der Waals surface area contributed by atoms with Crippen LogP contribution in [-0.4, -0.2) is 58.0 Å². The van der Waals surface area contributed by atoms with Crippen molar-refractivity contribution >= 4 is 34.2 Å². The topological polar surface area (TPSA) is 127 Å². The van der Waals surface area contributed by atoms with E-state index >= 15 is 0 Å². The lowest BCUT2D eigenvalue weighted by Crippen LogP contribution is -2.19. The van der Waals surface area contributed by atoms with Crippen LogP contribution in [0, 0.1) is 0 Å². The van der Waals surface area contributed by atoms with Gasteiger partial charge in [-0.3, -0.25) is 20.0 Å². The first-order chi connectivity index (χ1) is 21.2. The third-order valence-electron chi connectivity index (χ3n) is 7.71. The van der Waals surface area contributed by atoms with E-state index in [1.807, 2.05) is 88.4 Å². The molecule has 2 aromatic heterocycles. The molecule has 4 bridgehead atoms. The number of hydrogen-bond acceptors (Lipinski definition) is 8. The zero-order valence-corrected chi connectivity index (χ0v) is 25.9. The fourth-order valence-corrected chi connectivity index (χ4v) is 5.16. The van der Waals surface area contributed by atoms with Gasteiger partial charge in [-0.15, -0.1) is 0 Å². The number of aliphatic imine (C=N–C) groups is 4. The van der Waals surface area contributed by atoms with Gasteiger partial charge in [0.1, 0.15) is 0 Å². The highest BCUT2D eigenvalue weighted by atomic mass is 14.9. The van der Waals surface area contributed by atoms with E-state index in [-0.39, 0.29) is 12.1 Å². The summed E-state index contributed by atoms with van der Waals surface area (Å²) in [5, 5.41) is 0. The second kappa shape index (κ2) is 14.0. The number of nitrogen functional groups attached to an aromatic ring is 2. The van der Waals surface area contributed by atoms with Crippen LogP contribution in [0.15, 0.2) is 105 Å². The highest BCUT2D eigenvalue weighted by molar-refractivity contribution is 6.02. The van der Waals surface area contributed by atoms with Crippen molar-refractivity contribution in [1.29, 1.82) is 0 Å². The van der Waals surface area contributed by atoms with Crippen LogP contribution in [-0.2, 0) is 12.8 Å². The van der Waals surface area contributed by atoms with Gasteiger partial charge in [0, 0.05) is 11.4 Å². The Morgan fingerprint density at radius 1 is 0.500 bits per heavy atom. The SMILES string of the molecule is C/C1=N\C[C@H](Cc2ccc(N)cc2)/N=C(\C)c2cccc(n2)/C(C)=N/CC(Cc2ccc(N)cc2)/N=C(\C)c2cccc1n2. The number of nitrogens with two attached hydrogens (primary N) is 2. The van der Waals surface area contributed by atoms with Crippen LogP contribution in [0.4, 0.5) is 11.4 Å². The summed E-state index contributed by atoms with van der Waals surface area (Å²) >= 11 is 0. The summed E-state index contributed by atoms with van der Waals surface area (Å²) in [5.41, 5.74) is 22.4. The van der Waals surface area contributed by atoms with E-state index in [4.69, 9.17) is 41.4 Å². The minimum atomic E-state index is -0.0896. The number of fused-ring (bicyclic) bond motifs is 4. The molecule has 3 heterocycles. The molecule has 1 unspecified atom stereocenters. The van der Waals surface area contributed by atoms with Crippen molar-refractivity contribution in [3.63, 3.8) is 0 Å². The second-order valence-electron chi connectivity index (χ2n) is 11.3. The molecular weight excluding hydrogens is 544 g/mol. The van der Waals surface area contributed by atoms with Crippen LogP contribution in [0.25, 0.3) is 0 Å². The summed E-state index contributed by atoms with van der Waals surface area (Å²) in [7, 11) is 0. The maximum atomic E-state index is 5.93. The molecule has 224 valence electrons. The first kappa shape index (κ1) is 30.5. The second-order valence-corrected chi connectivity index (χ2v) is 11.3. The van der Waals surface area contributed by atoms with E-state index in [0.29, 0.717) is 13.1 Å². The Kier molecular flexibility index (Phi) is 9.69. The summed E-state index contributed by atoms with van der Waals surface area (Å²) in [6, 6.07) is 27.7. The highest BCUT2D eigenvalue weighted by Gasteiger charge is 2.15. The average molecular weight is 585 g/mol. The molecule has 5 rings (SSSR count). The fourth-order valence-electron chi connectivity index (χ4n) is 5.16. The monoisotopic (exact) mass is 584 g/mol. The summed E-state index contributed by atoms with van der Waals surface area (Å²) in [6.07, 6.45) is 1.45. The van der Waals surface area contributed by atoms with Gasteiger partial charge in [-0.05, 0) is 100 Å². The van der Waals surface area contributed by atoms with Crippen LogP contribution in [0.1, 0.15) is 61.6 Å². The Morgan fingerprint density at radius 3 is 1.20 bits per heavy atom. The fraction of sp³-hybridized carbons (Fsp3) is 0.278. The van der Waals surface area contributed by atoms with Gasteiger partial charge in [0.25, 0.3) is 0 Å². The molecule has 0 spiro atoms. The van der Waals surface area contributed by atoms with Gasteiger partial charge in [-0.25, -0.2) is 9.97 Å². The Morgan fingerprint density at radius 2 is 0.841 bits per heavy atom. The lowest BCUT2D eigenvalue weighted by Gasteiger charge is -2.15. The zero-order valence-electron chi connectivity index (χ0n) is 25.9. The minimum Gasteiger partial charge on any atom is -0.399 e. The summed E-state index contributed by atoms with van der Waals surface area (Å²) in [4.78, 5) is 30.1. The molecule has 44 heavy (non-hydrogen) atoms. The number of anilines is 2. The molecule has 0 saturated carbocycles. The highest BCUT2D eigenvalue weighted by Crippen LogP contribution is 2.15. The van der Waals surface area contributed by atoms with Crippen molar-refractivity contribution in [2.45, 2.75) is 52.6 Å². The lowest BCUT2D eigenvalue weighted by molar-refractivity contribution is 0.680. The molecule has 4 aromatic rings. The molecule has 4 N–H and O–H groups in total. The Hall–Kier alpha value is -4.98. The maximum absolute atomic E-state index is 5.93. The Labute approximate surface area is 259 Å². The maximum Gasteiger partial charge on any atom is 0.0845 e. The van der Waals surface area contributed by atoms with Crippen LogP contribution < -0.4 is 11.5 Å². The van der Waals surface area contributed by atoms with Crippen LogP contribution >= 0.6 is 0 Å². The van der Waals surface area contributed by atoms with Gasteiger partial charge >= 0.3 is 0 Å². The lowest BCUT2D eigenvalue weighted by atomic mass is 10.0. The molecule has 0 aliphatic carbocycles. The smallest absolute Gasteiger partial charge is 0.0845 e. The number of nitrogens with zero attached hydrogens (tertiary/aromatic N) is 6. The zero-order chi connectivity index (χ0) is 31.1. The summed E-state index contributed by atoms with van der Waals surface area (Å²) < 4.78 is 0. The van der Waals surface area contributed by atoms with Crippen LogP contribution in [0.3, 0.4) is 0 Å². The van der Waals surface area contributed by atoms with E-state index < -0.39 is 0 Å². The largest absolute Gasteiger partial charge is 0.399 e. The molecule has 1 aliphatic heterocycles. The van der Waals surface area contributed by atoms with Crippen molar-refractivity contribution in [1.82, 2.24) is 9.97 Å². The van der Waals surface area contributed by atoms with Gasteiger partial charge in [0.2, 0.25) is 0 Å². The van der Waals surface area contributed by atoms with Crippen molar-refractivity contribution in [2.75, 3.05) is 24.6 Å². The van der Waals surface area contributed by atoms with E-state index in [9.17, 15) is 0 Å². The molecule has 2 aromatic carbocycles. The third kappa shape index (κ3) is 8.10. The standard InChI is InChI=1S/C36H40N8/c1-23-33-7-5-9-35(43-33)25(3)42-32(20-28-13-17-30(38)18-14-28)22-40-24(2)34-8-6-10-36(44-34)26(4)41-31(21-39-23)19-27-11-15-29(37)16-12-27/h5-18,31-32H,19-22,37-38H2,1-4H3/b39-23+,40-24+,41-26+,42-25+/t31-,32?/m0/s1. The quantitative estimate of drug-likeness (QED) is 0.293. The number of hydrogen-bond donors (Lipinski definition) is 2. The van der Waals surface area contributed by atoms with Crippen molar-refractivity contribution in [3.05, 3.63) is 119 Å². The average Bonchev–Trinajstić information content (AvgIpc) is 3.04. The molecule has 0 saturated heterocycles. The first-order valence-electron chi connectivity index (χ1n) is 15.0. The van der Waals surface area contributed by atoms with E-state index in [2.05, 4.69) is 24.3 Å². The predicted molar refractivity (Wildman–Crippen MR) is 184 cm³/mol. The third-order valence-corrected chi connectivity index (χ3v) is 7.71. The molecule has 0 fully saturated rings. The number of rotatable bonds is 4. The van der Waals surface area contributed by atoms with Crippen LogP contribution in [0.5, 0.6) is 0 Å². The van der Waals surface area contributed by atoms with E-state index in [1.165, 1.54) is 0 Å². The molecule has 0 amide bonds. The van der Waals surface area contributed by atoms with Gasteiger partial charge < -0.3 is 11.5 Å². The number of benzene rings is 2. The van der Waals surface area contributed by atoms with Crippen molar-refractivity contribution < 1.29 is 0 Å². The molecule has 8 heteroatoms. The number of aromatic nitrogens is 2. The molecule has 0 radical (unpaired) electrons. The van der Waals surface area contributed by atoms with E-state index in [1.54, 1.807) is 0 Å². The van der Waals surface area contributed by atoms with Gasteiger partial charge in [-0.1, -0.05) is 36.4 Å². The normalized spacial score (nSPS) is 22.5. The van der Waals surface area contributed by atoms with Crippen LogP contribution in [0.2, 0.25) is 0 Å². The summed E-state index contributed by atoms with van der Waals surface area (Å²) in [5.74, 6) is 0. The first-order valence-corrected chi connectivity index (χ1v) is 15.0. The summed E-state index contributed by atoms with van der Waals surface area (Å²) in [6.45, 7) is 9.04. The molecular formula is C36H40N8. The predicted octanol–water partition coefficient (Wildman–Crippen LogP) is 5.81. The van der Waals surface area contributed by atoms with E-state index in [0.717, 1.165) is 81.0 Å². The Bertz CT molecular complexity index is 1590.